The van der Waals surface area contributed by atoms with Crippen molar-refractivity contribution in [1.29, 1.82) is 5.26 Å². The van der Waals surface area contributed by atoms with Gasteiger partial charge in [-0.3, -0.25) is 0 Å². The predicted octanol–water partition coefficient (Wildman–Crippen LogP) is 6.70. The van der Waals surface area contributed by atoms with Crippen molar-refractivity contribution >= 4 is 12.2 Å². The third-order valence-electron chi connectivity index (χ3n) is 10.5. The van der Waals surface area contributed by atoms with E-state index >= 15 is 0 Å². The van der Waals surface area contributed by atoms with Crippen LogP contribution < -0.4 is 0 Å². The minimum Gasteiger partial charge on any atom is -0.393 e. The molecule has 3 fully saturated rings. The topological polar surface area (TPSA) is 59.8 Å². The molecule has 4 aliphatic rings. The van der Waals surface area contributed by atoms with Crippen LogP contribution in [0, 0.1) is 45.1 Å². The number of pyridine rings is 1. The third kappa shape index (κ3) is 2.98. The molecular formula is C29H34N2OS. The second-order valence-electron chi connectivity index (χ2n) is 11.8. The maximum absolute atomic E-state index is 10.3. The lowest BCUT2D eigenvalue weighted by Crippen LogP contribution is -2.54. The first-order valence-electron chi connectivity index (χ1n) is 12.8. The molecule has 2 N–H and O–H groups in total. The van der Waals surface area contributed by atoms with Crippen LogP contribution in [-0.4, -0.2) is 16.2 Å². The lowest BCUT2D eigenvalue weighted by atomic mass is 9.45. The van der Waals surface area contributed by atoms with Gasteiger partial charge in [0.05, 0.1) is 17.4 Å². The molecule has 0 amide bonds. The molecule has 1 aromatic heterocycles. The smallest absolute Gasteiger partial charge is 0.122 e. The summed E-state index contributed by atoms with van der Waals surface area (Å²) < 4.78 is 0.594. The number of H-pyrrole nitrogens is 1. The lowest BCUT2D eigenvalue weighted by Gasteiger charge is -2.60. The Morgan fingerprint density at radius 1 is 1.06 bits per heavy atom. The van der Waals surface area contributed by atoms with Crippen molar-refractivity contribution < 1.29 is 5.11 Å². The fourth-order valence-corrected chi connectivity index (χ4v) is 9.15. The number of aliphatic hydroxyl groups excluding tert-OH is 1. The second-order valence-corrected chi connectivity index (χ2v) is 12.2. The van der Waals surface area contributed by atoms with Gasteiger partial charge in [0.2, 0.25) is 0 Å². The summed E-state index contributed by atoms with van der Waals surface area (Å²) >= 11 is 5.74. The van der Waals surface area contributed by atoms with Crippen LogP contribution in [0.15, 0.2) is 30.3 Å². The molecule has 0 saturated heterocycles. The van der Waals surface area contributed by atoms with Crippen molar-refractivity contribution in [2.45, 2.75) is 76.7 Å². The molecule has 2 aromatic rings. The molecule has 4 aliphatic carbocycles. The number of hydrogen-bond donors (Lipinski definition) is 2. The zero-order chi connectivity index (χ0) is 23.0. The standard InChI is InChI=1S/C29H34N2OS/c1-28-12-10-19(32)14-18(28)8-9-20-23(28)11-13-29(2)24(20)15-21-25(29)22(16-30)27(33)31-26(21)17-6-4-3-5-7-17/h3-7,18-20,23-24,32H,8-15H2,1-2H3,(H,31,33)/t18-,19-,20+,23-,24-,28-,29-/m0/s1. The van der Waals surface area contributed by atoms with Crippen molar-refractivity contribution in [2.75, 3.05) is 0 Å². The number of aliphatic hydroxyl groups is 1. The van der Waals surface area contributed by atoms with Gasteiger partial charge in [0, 0.05) is 0 Å². The summed E-state index contributed by atoms with van der Waals surface area (Å²) in [6, 6.07) is 13.0. The zero-order valence-corrected chi connectivity index (χ0v) is 20.5. The van der Waals surface area contributed by atoms with Gasteiger partial charge in [0.1, 0.15) is 10.7 Å². The van der Waals surface area contributed by atoms with E-state index in [1.165, 1.54) is 42.4 Å². The molecule has 7 atom stereocenters. The average Bonchev–Trinajstić information content (AvgIpc) is 3.13. The van der Waals surface area contributed by atoms with Crippen molar-refractivity contribution in [3.63, 3.8) is 0 Å². The Kier molecular flexibility index (Phi) is 4.91. The summed E-state index contributed by atoms with van der Waals surface area (Å²) in [4.78, 5) is 3.46. The fraction of sp³-hybridized carbons (Fsp3) is 0.586. The SMILES string of the molecule is C[C@]12CC[C@H](O)C[C@@H]1CC[C@@H]1[C@@H]2CC[C@]2(C)c3c(c(-c4ccccc4)[nH]c(=S)c3C#N)C[C@@H]12. The number of aromatic amines is 1. The molecule has 172 valence electrons. The van der Waals surface area contributed by atoms with E-state index in [0.717, 1.165) is 37.3 Å². The van der Waals surface area contributed by atoms with Gasteiger partial charge in [-0.2, -0.15) is 5.26 Å². The number of aromatic nitrogens is 1. The largest absolute Gasteiger partial charge is 0.393 e. The number of rotatable bonds is 1. The van der Waals surface area contributed by atoms with Gasteiger partial charge in [-0.05, 0) is 103 Å². The first-order valence-corrected chi connectivity index (χ1v) is 13.2. The number of nitrogens with zero attached hydrogens (tertiary/aromatic N) is 1. The van der Waals surface area contributed by atoms with E-state index in [-0.39, 0.29) is 11.5 Å². The van der Waals surface area contributed by atoms with Crippen LogP contribution in [0.25, 0.3) is 11.3 Å². The van der Waals surface area contributed by atoms with Crippen LogP contribution in [0.5, 0.6) is 0 Å². The quantitative estimate of drug-likeness (QED) is 0.467. The fourth-order valence-electron chi connectivity index (χ4n) is 8.90. The van der Waals surface area contributed by atoms with Crippen molar-refractivity contribution in [1.82, 2.24) is 4.98 Å². The second kappa shape index (κ2) is 7.52. The van der Waals surface area contributed by atoms with Crippen molar-refractivity contribution in [2.24, 2.45) is 29.1 Å². The predicted molar refractivity (Wildman–Crippen MR) is 133 cm³/mol. The third-order valence-corrected chi connectivity index (χ3v) is 10.8. The maximum Gasteiger partial charge on any atom is 0.122 e. The van der Waals surface area contributed by atoms with Gasteiger partial charge in [-0.1, -0.05) is 56.4 Å². The van der Waals surface area contributed by atoms with Gasteiger partial charge >= 0.3 is 0 Å². The van der Waals surface area contributed by atoms with Gasteiger partial charge in [0.25, 0.3) is 0 Å². The number of benzene rings is 1. The Balaban J connectivity index is 1.46. The Labute approximate surface area is 202 Å². The lowest BCUT2D eigenvalue weighted by molar-refractivity contribution is -0.111. The molecule has 0 radical (unpaired) electrons. The van der Waals surface area contributed by atoms with Gasteiger partial charge in [-0.25, -0.2) is 0 Å². The van der Waals surface area contributed by atoms with E-state index in [4.69, 9.17) is 12.2 Å². The highest BCUT2D eigenvalue weighted by Crippen LogP contribution is 2.66. The molecular weight excluding hydrogens is 424 g/mol. The Morgan fingerprint density at radius 3 is 2.61 bits per heavy atom. The van der Waals surface area contributed by atoms with Gasteiger partial charge in [0.15, 0.2) is 0 Å². The minimum atomic E-state index is -0.100. The summed E-state index contributed by atoms with van der Waals surface area (Å²) in [5.41, 5.74) is 5.97. The van der Waals surface area contributed by atoms with Crippen LogP contribution >= 0.6 is 12.2 Å². The molecule has 0 spiro atoms. The number of nitriles is 1. The summed E-state index contributed by atoms with van der Waals surface area (Å²) in [7, 11) is 0. The molecule has 3 saturated carbocycles. The molecule has 0 unspecified atom stereocenters. The molecule has 0 bridgehead atoms. The van der Waals surface area contributed by atoms with Gasteiger partial charge in [-0.15, -0.1) is 0 Å². The maximum atomic E-state index is 10.3. The highest BCUT2D eigenvalue weighted by atomic mass is 32.1. The molecule has 1 aromatic carbocycles. The number of fused-ring (bicyclic) bond motifs is 7. The Bertz CT molecular complexity index is 1200. The Hall–Kier alpha value is -1.96. The van der Waals surface area contributed by atoms with E-state index in [9.17, 15) is 10.4 Å². The van der Waals surface area contributed by atoms with E-state index < -0.39 is 0 Å². The first-order chi connectivity index (χ1) is 15.9. The highest BCUT2D eigenvalue weighted by molar-refractivity contribution is 7.71. The van der Waals surface area contributed by atoms with E-state index in [1.54, 1.807) is 0 Å². The summed E-state index contributed by atoms with van der Waals surface area (Å²) in [6.07, 6.45) is 8.94. The van der Waals surface area contributed by atoms with Crippen LogP contribution in [0.3, 0.4) is 0 Å². The van der Waals surface area contributed by atoms with Gasteiger partial charge < -0.3 is 10.1 Å². The first kappa shape index (κ1) is 21.6. The average molecular weight is 459 g/mol. The number of nitrogens with one attached hydrogen (secondary N) is 1. The molecule has 1 heterocycles. The summed E-state index contributed by atoms with van der Waals surface area (Å²) in [6.45, 7) is 4.97. The summed E-state index contributed by atoms with van der Waals surface area (Å²) in [5.74, 6) is 2.65. The molecule has 6 rings (SSSR count). The number of hydrogen-bond acceptors (Lipinski definition) is 3. The van der Waals surface area contributed by atoms with E-state index in [1.807, 2.05) is 6.07 Å². The minimum absolute atomic E-state index is 0.0190. The molecule has 33 heavy (non-hydrogen) atoms. The van der Waals surface area contributed by atoms with Crippen molar-refractivity contribution in [3.05, 3.63) is 51.7 Å². The van der Waals surface area contributed by atoms with Crippen molar-refractivity contribution in [3.8, 4) is 17.3 Å². The zero-order valence-electron chi connectivity index (χ0n) is 19.7. The normalized spacial score (nSPS) is 39.0. The molecule has 4 heteroatoms. The van der Waals surface area contributed by atoms with E-state index in [0.29, 0.717) is 33.4 Å². The summed E-state index contributed by atoms with van der Waals surface area (Å²) in [5, 5.41) is 20.5. The van der Waals surface area contributed by atoms with E-state index in [2.05, 4.69) is 49.2 Å². The molecule has 3 nitrogen and oxygen atoms in total. The van der Waals surface area contributed by atoms with Crippen LogP contribution in [-0.2, 0) is 11.8 Å². The van der Waals surface area contributed by atoms with Crippen LogP contribution in [0.1, 0.15) is 75.5 Å². The monoisotopic (exact) mass is 458 g/mol. The highest BCUT2D eigenvalue weighted by Gasteiger charge is 2.60. The Morgan fingerprint density at radius 2 is 1.85 bits per heavy atom. The van der Waals surface area contributed by atoms with Crippen LogP contribution in [0.4, 0.5) is 0 Å². The molecule has 0 aliphatic heterocycles. The van der Waals surface area contributed by atoms with Crippen LogP contribution in [0.2, 0.25) is 0 Å².